The highest BCUT2D eigenvalue weighted by Crippen LogP contribution is 2.31. The van der Waals surface area contributed by atoms with Crippen molar-refractivity contribution in [3.05, 3.63) is 103 Å². The minimum atomic E-state index is -0.695. The molecule has 0 N–H and O–H groups in total. The highest BCUT2D eigenvalue weighted by Gasteiger charge is 2.33. The average molecular weight is 477 g/mol. The molecule has 2 aromatic carbocycles. The van der Waals surface area contributed by atoms with Gasteiger partial charge in [0, 0.05) is 5.56 Å². The number of para-hydroxylation sites is 1. The second-order valence-corrected chi connectivity index (χ2v) is 8.49. The highest BCUT2D eigenvalue weighted by atomic mass is 32.1. The first-order valence-corrected chi connectivity index (χ1v) is 11.4. The number of carbonyl (C=O) groups is 1. The Hall–Kier alpha value is -3.91. The van der Waals surface area contributed by atoms with Crippen LogP contribution in [0.1, 0.15) is 24.1 Å². The van der Waals surface area contributed by atoms with Crippen molar-refractivity contribution in [1.29, 1.82) is 0 Å². The molecule has 174 valence electrons. The van der Waals surface area contributed by atoms with Crippen molar-refractivity contribution in [2.45, 2.75) is 13.0 Å². The first-order chi connectivity index (χ1) is 16.5. The van der Waals surface area contributed by atoms with Gasteiger partial charge in [0.05, 0.1) is 36.1 Å². The summed E-state index contributed by atoms with van der Waals surface area (Å²) in [6.45, 7) is 5.41. The Labute approximate surface area is 200 Å². The lowest BCUT2D eigenvalue weighted by atomic mass is 9.96. The van der Waals surface area contributed by atoms with Crippen molar-refractivity contribution in [1.82, 2.24) is 4.57 Å². The predicted octanol–water partition coefficient (Wildman–Crippen LogP) is 2.98. The smallest absolute Gasteiger partial charge is 0.338 e. The quantitative estimate of drug-likeness (QED) is 0.387. The molecule has 1 aliphatic heterocycles. The van der Waals surface area contributed by atoms with Gasteiger partial charge in [0.1, 0.15) is 18.1 Å². The van der Waals surface area contributed by atoms with E-state index in [1.54, 1.807) is 43.9 Å². The molecular weight excluding hydrogens is 452 g/mol. The molecule has 3 aromatic rings. The van der Waals surface area contributed by atoms with Gasteiger partial charge in [-0.15, -0.1) is 0 Å². The Morgan fingerprint density at radius 1 is 1.15 bits per heavy atom. The minimum absolute atomic E-state index is 0.0587. The molecule has 1 aromatic heterocycles. The number of ether oxygens (including phenoxy) is 3. The van der Waals surface area contributed by atoms with Crippen LogP contribution in [-0.4, -0.2) is 31.4 Å². The lowest BCUT2D eigenvalue weighted by Gasteiger charge is -2.24. The van der Waals surface area contributed by atoms with E-state index in [0.29, 0.717) is 32.1 Å². The van der Waals surface area contributed by atoms with Crippen LogP contribution in [0.15, 0.2) is 82.2 Å². The molecule has 0 aliphatic carbocycles. The standard InChI is InChI=1S/C26H24N2O5S/c1-5-14-33-25(30)22-16(2)27-26-28(23(22)17-10-12-19(31-3)13-11-17)24(29)21(34-26)15-18-8-6-7-9-20(18)32-4/h5-13,15,23H,1,14H2,2-4H3/b21-15+. The Bertz CT molecular complexity index is 1450. The van der Waals surface area contributed by atoms with Crippen LogP contribution in [-0.2, 0) is 9.53 Å². The van der Waals surface area contributed by atoms with Crippen LogP contribution in [0.3, 0.4) is 0 Å². The summed E-state index contributed by atoms with van der Waals surface area (Å²) in [6, 6.07) is 14.0. The van der Waals surface area contributed by atoms with E-state index in [-0.39, 0.29) is 12.2 Å². The lowest BCUT2D eigenvalue weighted by Crippen LogP contribution is -2.39. The number of fused-ring (bicyclic) bond motifs is 1. The van der Waals surface area contributed by atoms with Crippen molar-refractivity contribution >= 4 is 23.4 Å². The Kier molecular flexibility index (Phi) is 6.79. The van der Waals surface area contributed by atoms with Gasteiger partial charge in [-0.3, -0.25) is 9.36 Å². The van der Waals surface area contributed by atoms with Gasteiger partial charge in [0.15, 0.2) is 4.80 Å². The fourth-order valence-corrected chi connectivity index (χ4v) is 4.86. The van der Waals surface area contributed by atoms with Crippen LogP contribution in [0.2, 0.25) is 0 Å². The molecule has 0 bridgehead atoms. The van der Waals surface area contributed by atoms with Crippen LogP contribution >= 0.6 is 11.3 Å². The summed E-state index contributed by atoms with van der Waals surface area (Å²) in [5.74, 6) is 0.787. The van der Waals surface area contributed by atoms with Crippen molar-refractivity contribution in [3.8, 4) is 11.5 Å². The molecule has 0 saturated carbocycles. The van der Waals surface area contributed by atoms with E-state index >= 15 is 0 Å². The molecule has 4 rings (SSSR count). The number of hydrogen-bond donors (Lipinski definition) is 0. The summed E-state index contributed by atoms with van der Waals surface area (Å²) in [7, 11) is 3.17. The van der Waals surface area contributed by atoms with Crippen molar-refractivity contribution < 1.29 is 19.0 Å². The van der Waals surface area contributed by atoms with Gasteiger partial charge >= 0.3 is 5.97 Å². The van der Waals surface area contributed by atoms with Crippen LogP contribution in [0.5, 0.6) is 11.5 Å². The van der Waals surface area contributed by atoms with E-state index in [2.05, 4.69) is 11.6 Å². The largest absolute Gasteiger partial charge is 0.497 e. The topological polar surface area (TPSA) is 79.1 Å². The Morgan fingerprint density at radius 3 is 2.56 bits per heavy atom. The SMILES string of the molecule is C=CCOC(=O)C1=C(C)N=c2s/c(=C/c3ccccc3OC)c(=O)n2C1c1ccc(OC)cc1. The number of rotatable bonds is 7. The molecule has 0 saturated heterocycles. The Morgan fingerprint density at radius 2 is 1.88 bits per heavy atom. The molecule has 2 heterocycles. The summed E-state index contributed by atoms with van der Waals surface area (Å²) < 4.78 is 18.1. The first kappa shape index (κ1) is 23.3. The summed E-state index contributed by atoms with van der Waals surface area (Å²) >= 11 is 1.26. The van der Waals surface area contributed by atoms with E-state index in [1.165, 1.54) is 17.4 Å². The highest BCUT2D eigenvalue weighted by molar-refractivity contribution is 7.07. The molecule has 8 heteroatoms. The maximum atomic E-state index is 13.6. The van der Waals surface area contributed by atoms with Crippen LogP contribution in [0.25, 0.3) is 6.08 Å². The summed E-state index contributed by atoms with van der Waals surface area (Å²) in [6.07, 6.45) is 3.28. The van der Waals surface area contributed by atoms with Gasteiger partial charge in [0.2, 0.25) is 0 Å². The van der Waals surface area contributed by atoms with Gasteiger partial charge in [0.25, 0.3) is 5.56 Å². The number of methoxy groups -OCH3 is 2. The van der Waals surface area contributed by atoms with E-state index in [4.69, 9.17) is 14.2 Å². The van der Waals surface area contributed by atoms with E-state index in [1.807, 2.05) is 36.4 Å². The molecule has 0 amide bonds. The van der Waals surface area contributed by atoms with Crippen LogP contribution in [0, 0.1) is 0 Å². The second-order valence-electron chi connectivity index (χ2n) is 7.48. The zero-order chi connectivity index (χ0) is 24.2. The number of allylic oxidation sites excluding steroid dienone is 1. The van der Waals surface area contributed by atoms with Gasteiger partial charge in [-0.25, -0.2) is 9.79 Å². The number of thiazole rings is 1. The molecule has 7 nitrogen and oxygen atoms in total. The fraction of sp³-hybridized carbons (Fsp3) is 0.192. The number of esters is 1. The number of nitrogens with zero attached hydrogens (tertiary/aromatic N) is 2. The molecule has 1 atom stereocenters. The van der Waals surface area contributed by atoms with Crippen LogP contribution in [0.4, 0.5) is 0 Å². The fourth-order valence-electron chi connectivity index (χ4n) is 3.82. The summed E-state index contributed by atoms with van der Waals surface area (Å²) in [5, 5.41) is 0. The average Bonchev–Trinajstić information content (AvgIpc) is 3.16. The molecule has 0 radical (unpaired) electrons. The second kappa shape index (κ2) is 9.93. The van der Waals surface area contributed by atoms with Gasteiger partial charge in [-0.1, -0.05) is 54.3 Å². The van der Waals surface area contributed by atoms with E-state index < -0.39 is 12.0 Å². The van der Waals surface area contributed by atoms with Gasteiger partial charge in [-0.05, 0) is 36.8 Å². The minimum Gasteiger partial charge on any atom is -0.497 e. The molecule has 34 heavy (non-hydrogen) atoms. The number of hydrogen-bond acceptors (Lipinski definition) is 7. The number of aromatic nitrogens is 1. The first-order valence-electron chi connectivity index (χ1n) is 10.6. The zero-order valence-corrected chi connectivity index (χ0v) is 19.9. The number of carbonyl (C=O) groups excluding carboxylic acids is 1. The van der Waals surface area contributed by atoms with Crippen molar-refractivity contribution in [2.24, 2.45) is 4.99 Å². The van der Waals surface area contributed by atoms with Gasteiger partial charge < -0.3 is 14.2 Å². The third-order valence-electron chi connectivity index (χ3n) is 5.43. The lowest BCUT2D eigenvalue weighted by molar-refractivity contribution is -0.138. The molecular formula is C26H24N2O5S. The maximum absolute atomic E-state index is 13.6. The third kappa shape index (κ3) is 4.32. The molecule has 1 aliphatic rings. The summed E-state index contributed by atoms with van der Waals surface area (Å²) in [4.78, 5) is 31.8. The third-order valence-corrected chi connectivity index (χ3v) is 6.41. The Balaban J connectivity index is 1.93. The predicted molar refractivity (Wildman–Crippen MR) is 131 cm³/mol. The van der Waals surface area contributed by atoms with E-state index in [0.717, 1.165) is 11.1 Å². The molecule has 0 spiro atoms. The van der Waals surface area contributed by atoms with Crippen molar-refractivity contribution in [3.63, 3.8) is 0 Å². The molecule has 0 fully saturated rings. The van der Waals surface area contributed by atoms with Crippen molar-refractivity contribution in [2.75, 3.05) is 20.8 Å². The zero-order valence-electron chi connectivity index (χ0n) is 19.1. The maximum Gasteiger partial charge on any atom is 0.338 e. The summed E-state index contributed by atoms with van der Waals surface area (Å²) in [5.41, 5.74) is 2.07. The van der Waals surface area contributed by atoms with Gasteiger partial charge in [-0.2, -0.15) is 0 Å². The number of benzene rings is 2. The van der Waals surface area contributed by atoms with E-state index in [9.17, 15) is 9.59 Å². The van der Waals surface area contributed by atoms with Crippen LogP contribution < -0.4 is 24.4 Å². The molecule has 1 unspecified atom stereocenters. The normalized spacial score (nSPS) is 15.4. The monoisotopic (exact) mass is 476 g/mol.